The summed E-state index contributed by atoms with van der Waals surface area (Å²) in [4.78, 5) is 11.6. The molecule has 0 saturated carbocycles. The summed E-state index contributed by atoms with van der Waals surface area (Å²) in [6.07, 6.45) is 7.25. The molecule has 0 unspecified atom stereocenters. The number of aliphatic hydroxyl groups excluding tert-OH is 1. The Kier molecular flexibility index (Phi) is 7.88. The highest BCUT2D eigenvalue weighted by Gasteiger charge is 2.20. The van der Waals surface area contributed by atoms with Crippen molar-refractivity contribution in [3.63, 3.8) is 0 Å². The molecule has 3 heteroatoms. The summed E-state index contributed by atoms with van der Waals surface area (Å²) < 4.78 is 5.17. The molecule has 0 aromatic rings. The fourth-order valence-corrected chi connectivity index (χ4v) is 1.14. The number of ether oxygens (including phenoxy) is 1. The number of carbonyl (C=O) groups is 1. The lowest BCUT2D eigenvalue weighted by molar-refractivity contribution is -0.150. The molecule has 17 heavy (non-hydrogen) atoms. The van der Waals surface area contributed by atoms with Crippen LogP contribution in [-0.4, -0.2) is 24.3 Å². The van der Waals surface area contributed by atoms with E-state index in [0.717, 1.165) is 19.3 Å². The van der Waals surface area contributed by atoms with E-state index in [9.17, 15) is 4.79 Å². The topological polar surface area (TPSA) is 46.5 Å². The summed E-state index contributed by atoms with van der Waals surface area (Å²) >= 11 is 0. The fraction of sp³-hybridized carbons (Fsp3) is 0.786. The minimum absolute atomic E-state index is 0.0149. The van der Waals surface area contributed by atoms with E-state index in [1.54, 1.807) is 0 Å². The van der Waals surface area contributed by atoms with E-state index < -0.39 is 0 Å². The number of unbranched alkanes of at least 4 members (excludes halogenated alkanes) is 2. The van der Waals surface area contributed by atoms with Crippen LogP contribution in [0.1, 0.15) is 47.0 Å². The van der Waals surface area contributed by atoms with Gasteiger partial charge in [-0.1, -0.05) is 45.8 Å². The minimum Gasteiger partial charge on any atom is -0.465 e. The Hall–Kier alpha value is -0.830. The Bertz CT molecular complexity index is 244. The third-order valence-corrected chi connectivity index (χ3v) is 2.55. The molecule has 0 aromatic heterocycles. The molecule has 0 aliphatic carbocycles. The summed E-state index contributed by atoms with van der Waals surface area (Å²) in [5.74, 6) is -0.430. The Morgan fingerprint density at radius 3 is 2.65 bits per heavy atom. The third kappa shape index (κ3) is 7.97. The van der Waals surface area contributed by atoms with Crippen LogP contribution in [0.2, 0.25) is 0 Å². The van der Waals surface area contributed by atoms with Crippen LogP contribution in [0.5, 0.6) is 0 Å². The molecule has 0 spiro atoms. The van der Waals surface area contributed by atoms with E-state index in [-0.39, 0.29) is 30.5 Å². The van der Waals surface area contributed by atoms with E-state index in [2.05, 4.69) is 6.92 Å². The Balaban J connectivity index is 3.93. The van der Waals surface area contributed by atoms with Crippen molar-refractivity contribution in [2.24, 2.45) is 11.3 Å². The number of allylic oxidation sites excluding steroid dienone is 1. The lowest BCUT2D eigenvalue weighted by Gasteiger charge is -2.21. The second kappa shape index (κ2) is 8.29. The molecule has 0 aromatic carbocycles. The van der Waals surface area contributed by atoms with Gasteiger partial charge in [0.1, 0.15) is 0 Å². The summed E-state index contributed by atoms with van der Waals surface area (Å²) in [6.45, 7) is 7.97. The quantitative estimate of drug-likeness (QED) is 0.404. The zero-order valence-corrected chi connectivity index (χ0v) is 11.5. The van der Waals surface area contributed by atoms with Gasteiger partial charge in [0, 0.05) is 5.41 Å². The largest absolute Gasteiger partial charge is 0.465 e. The monoisotopic (exact) mass is 242 g/mol. The van der Waals surface area contributed by atoms with E-state index in [0.29, 0.717) is 0 Å². The normalized spacial score (nSPS) is 13.9. The van der Waals surface area contributed by atoms with Crippen molar-refractivity contribution in [1.82, 2.24) is 0 Å². The average Bonchev–Trinajstić information content (AvgIpc) is 2.31. The second-order valence-corrected chi connectivity index (χ2v) is 5.29. The summed E-state index contributed by atoms with van der Waals surface area (Å²) in [7, 11) is 0. The second-order valence-electron chi connectivity index (χ2n) is 5.29. The summed E-state index contributed by atoms with van der Waals surface area (Å²) in [5, 5.41) is 9.04. The maximum atomic E-state index is 11.6. The van der Waals surface area contributed by atoms with Crippen LogP contribution in [0.4, 0.5) is 0 Å². The predicted octanol–water partition coefficient (Wildman–Crippen LogP) is 2.93. The molecule has 0 rings (SSSR count). The first-order chi connectivity index (χ1) is 7.93. The highest BCUT2D eigenvalue weighted by Crippen LogP contribution is 2.15. The van der Waals surface area contributed by atoms with Gasteiger partial charge in [0.05, 0.1) is 19.1 Å². The lowest BCUT2D eigenvalue weighted by Crippen LogP contribution is -2.27. The number of esters is 1. The van der Waals surface area contributed by atoms with Crippen LogP contribution >= 0.6 is 0 Å². The van der Waals surface area contributed by atoms with E-state index >= 15 is 0 Å². The van der Waals surface area contributed by atoms with Crippen LogP contribution in [0.3, 0.4) is 0 Å². The first-order valence-corrected chi connectivity index (χ1v) is 6.37. The molecule has 0 fully saturated rings. The lowest BCUT2D eigenvalue weighted by atomic mass is 9.96. The zero-order valence-electron chi connectivity index (χ0n) is 11.5. The van der Waals surface area contributed by atoms with Crippen molar-refractivity contribution in [3.8, 4) is 0 Å². The first kappa shape index (κ1) is 16.2. The standard InChI is InChI=1S/C14H26O3/c1-5-6-7-8-9-12(2)13(16)17-11-14(3,4)10-15/h8-9,12,15H,5-7,10-11H2,1-4H3/b9-8+/t12-/m0/s1. The third-order valence-electron chi connectivity index (χ3n) is 2.55. The highest BCUT2D eigenvalue weighted by atomic mass is 16.5. The molecule has 0 saturated heterocycles. The molecular formula is C14H26O3. The number of hydrogen-bond acceptors (Lipinski definition) is 3. The van der Waals surface area contributed by atoms with Crippen LogP contribution in [0.15, 0.2) is 12.2 Å². The Morgan fingerprint density at radius 1 is 1.47 bits per heavy atom. The van der Waals surface area contributed by atoms with Crippen molar-refractivity contribution in [3.05, 3.63) is 12.2 Å². The molecule has 0 aliphatic heterocycles. The van der Waals surface area contributed by atoms with Gasteiger partial charge in [-0.15, -0.1) is 0 Å². The van der Waals surface area contributed by atoms with Gasteiger partial charge < -0.3 is 9.84 Å². The fourth-order valence-electron chi connectivity index (χ4n) is 1.14. The average molecular weight is 242 g/mol. The molecule has 1 atom stereocenters. The van der Waals surface area contributed by atoms with Gasteiger partial charge in [-0.25, -0.2) is 0 Å². The number of hydrogen-bond donors (Lipinski definition) is 1. The molecule has 0 heterocycles. The van der Waals surface area contributed by atoms with E-state index in [1.807, 2.05) is 32.9 Å². The molecule has 3 nitrogen and oxygen atoms in total. The van der Waals surface area contributed by atoms with Gasteiger partial charge in [0.25, 0.3) is 0 Å². The van der Waals surface area contributed by atoms with Crippen molar-refractivity contribution >= 4 is 5.97 Å². The highest BCUT2D eigenvalue weighted by molar-refractivity contribution is 5.73. The zero-order chi connectivity index (χ0) is 13.3. The van der Waals surface area contributed by atoms with Crippen molar-refractivity contribution in [2.45, 2.75) is 47.0 Å². The van der Waals surface area contributed by atoms with Crippen LogP contribution in [-0.2, 0) is 9.53 Å². The molecular weight excluding hydrogens is 216 g/mol. The van der Waals surface area contributed by atoms with Gasteiger partial charge in [0.2, 0.25) is 0 Å². The molecule has 0 radical (unpaired) electrons. The molecule has 0 bridgehead atoms. The maximum absolute atomic E-state index is 11.6. The van der Waals surface area contributed by atoms with E-state index in [4.69, 9.17) is 9.84 Å². The van der Waals surface area contributed by atoms with Gasteiger partial charge in [-0.3, -0.25) is 4.79 Å². The number of aliphatic hydroxyl groups is 1. The summed E-state index contributed by atoms with van der Waals surface area (Å²) in [6, 6.07) is 0. The van der Waals surface area contributed by atoms with Gasteiger partial charge in [0.15, 0.2) is 0 Å². The SMILES string of the molecule is CCCC/C=C/[C@H](C)C(=O)OCC(C)(C)CO. The smallest absolute Gasteiger partial charge is 0.312 e. The molecule has 100 valence electrons. The summed E-state index contributed by atoms with van der Waals surface area (Å²) in [5.41, 5.74) is -0.360. The molecule has 1 N–H and O–H groups in total. The molecule has 0 amide bonds. The van der Waals surface area contributed by atoms with Gasteiger partial charge in [-0.05, 0) is 13.3 Å². The number of rotatable bonds is 8. The van der Waals surface area contributed by atoms with Crippen LogP contribution in [0.25, 0.3) is 0 Å². The van der Waals surface area contributed by atoms with Crippen molar-refractivity contribution in [1.29, 1.82) is 0 Å². The minimum atomic E-state index is -0.360. The van der Waals surface area contributed by atoms with Gasteiger partial charge >= 0.3 is 5.97 Å². The maximum Gasteiger partial charge on any atom is 0.312 e. The first-order valence-electron chi connectivity index (χ1n) is 6.37. The van der Waals surface area contributed by atoms with E-state index in [1.165, 1.54) is 0 Å². The van der Waals surface area contributed by atoms with Crippen LogP contribution in [0, 0.1) is 11.3 Å². The van der Waals surface area contributed by atoms with Crippen molar-refractivity contribution in [2.75, 3.05) is 13.2 Å². The predicted molar refractivity (Wildman–Crippen MR) is 69.7 cm³/mol. The van der Waals surface area contributed by atoms with Gasteiger partial charge in [-0.2, -0.15) is 0 Å². The molecule has 0 aliphatic rings. The Morgan fingerprint density at radius 2 is 2.12 bits per heavy atom. The number of carbonyl (C=O) groups excluding carboxylic acids is 1. The van der Waals surface area contributed by atoms with Crippen LogP contribution < -0.4 is 0 Å². The van der Waals surface area contributed by atoms with Crippen molar-refractivity contribution < 1.29 is 14.6 Å². The Labute approximate surface area is 105 Å².